The molecule has 3 heteroatoms. The van der Waals surface area contributed by atoms with Gasteiger partial charge in [0.05, 0.1) is 11.4 Å². The van der Waals surface area contributed by atoms with Gasteiger partial charge in [0, 0.05) is 44.5 Å². The van der Waals surface area contributed by atoms with Gasteiger partial charge in [0.1, 0.15) is 11.5 Å². The Balaban J connectivity index is 1.03. The molecule has 0 fully saturated rings. The van der Waals surface area contributed by atoms with Gasteiger partial charge in [-0.15, -0.1) is 0 Å². The van der Waals surface area contributed by atoms with Crippen LogP contribution in [0.3, 0.4) is 0 Å². The van der Waals surface area contributed by atoms with Gasteiger partial charge < -0.3 is 14.5 Å². The van der Waals surface area contributed by atoms with Gasteiger partial charge in [0.15, 0.2) is 0 Å². The van der Waals surface area contributed by atoms with Crippen LogP contribution in [0.25, 0.3) is 55.3 Å². The third kappa shape index (κ3) is 6.12. The van der Waals surface area contributed by atoms with Crippen molar-refractivity contribution in [3.63, 3.8) is 0 Å². The summed E-state index contributed by atoms with van der Waals surface area (Å²) in [5, 5.41) is 2.21. The molecule has 0 saturated carbocycles. The van der Waals surface area contributed by atoms with Gasteiger partial charge in [0.2, 0.25) is 0 Å². The van der Waals surface area contributed by atoms with Gasteiger partial charge in [-0.3, -0.25) is 0 Å². The predicted molar refractivity (Wildman–Crippen MR) is 267 cm³/mol. The van der Waals surface area contributed by atoms with E-state index in [4.69, 9.17) is 4.74 Å². The van der Waals surface area contributed by atoms with Crippen LogP contribution in [-0.4, -0.2) is 0 Å². The maximum Gasteiger partial charge on any atom is 0.137 e. The Kier molecular flexibility index (Phi) is 8.84. The van der Waals surface area contributed by atoms with Crippen LogP contribution < -0.4 is 14.5 Å². The average molecular weight is 821 g/mol. The van der Waals surface area contributed by atoms with Gasteiger partial charge in [-0.2, -0.15) is 0 Å². The lowest BCUT2D eigenvalue weighted by atomic mass is 9.82. The third-order valence-electron chi connectivity index (χ3n) is 13.3. The summed E-state index contributed by atoms with van der Waals surface area (Å²) in [6.07, 6.45) is 0. The van der Waals surface area contributed by atoms with Crippen molar-refractivity contribution in [1.29, 1.82) is 0 Å². The van der Waals surface area contributed by atoms with E-state index in [2.05, 4.69) is 254 Å². The van der Waals surface area contributed by atoms with Gasteiger partial charge in [0.25, 0.3) is 0 Å². The lowest BCUT2D eigenvalue weighted by molar-refractivity contribution is 0.487. The molecule has 10 aromatic rings. The number of fused-ring (bicyclic) bond motifs is 5. The fourth-order valence-electron chi connectivity index (χ4n) is 10.2. The van der Waals surface area contributed by atoms with E-state index < -0.39 is 0 Å². The Morgan fingerprint density at radius 1 is 0.344 bits per heavy atom. The fraction of sp³-hybridized carbons (Fsp3) is 0.0492. The molecule has 0 spiro atoms. The van der Waals surface area contributed by atoms with Crippen LogP contribution in [0, 0.1) is 0 Å². The van der Waals surface area contributed by atoms with Gasteiger partial charge >= 0.3 is 0 Å². The SMILES string of the molecule is CC1(C)c2ccccc2-c2ccc(N(c3ccc(-c4ccc(-c5ccccc5)cc4)cc3)c3cccc4c3-c3cccc5c(N(c6ccccc6)c6ccccc6)ccc(c35)O4)cc21. The first-order valence-corrected chi connectivity index (χ1v) is 22.1. The molecule has 1 aliphatic carbocycles. The number of ether oxygens (including phenoxy) is 1. The van der Waals surface area contributed by atoms with E-state index in [1.165, 1.54) is 44.5 Å². The summed E-state index contributed by atoms with van der Waals surface area (Å²) in [5.74, 6) is 1.69. The molecule has 0 bridgehead atoms. The Morgan fingerprint density at radius 3 is 1.55 bits per heavy atom. The molecule has 0 atom stereocenters. The molecule has 0 N–H and O–H groups in total. The third-order valence-corrected chi connectivity index (χ3v) is 13.3. The molecule has 2 aliphatic rings. The van der Waals surface area contributed by atoms with Crippen LogP contribution in [0.1, 0.15) is 25.0 Å². The van der Waals surface area contributed by atoms with E-state index in [-0.39, 0.29) is 5.41 Å². The second-order valence-electron chi connectivity index (χ2n) is 17.3. The molecule has 0 radical (unpaired) electrons. The molecule has 0 saturated heterocycles. The summed E-state index contributed by atoms with van der Waals surface area (Å²) < 4.78 is 6.98. The van der Waals surface area contributed by atoms with Crippen molar-refractivity contribution in [3.8, 4) is 56.0 Å². The minimum absolute atomic E-state index is 0.160. The van der Waals surface area contributed by atoms with E-state index in [9.17, 15) is 0 Å². The zero-order valence-electron chi connectivity index (χ0n) is 35.7. The number of nitrogens with zero attached hydrogens (tertiary/aromatic N) is 2. The standard InChI is InChI=1S/C61H44N2O/c1-61(2)53-25-13-12-22-49(53)50-37-36-48(40-54(50)61)63(47-34-32-44(33-35-47)43-30-28-42(29-31-43)41-16-6-3-7-17-41)56-26-15-27-57-60(56)52-24-14-23-51-55(38-39-58(64-57)59(51)52)62(45-18-8-4-9-19-45)46-20-10-5-11-21-46/h3-40H,1-2H3. The number of benzene rings is 10. The molecule has 1 heterocycles. The summed E-state index contributed by atoms with van der Waals surface area (Å²) in [6, 6.07) is 83.1. The molecule has 1 aliphatic heterocycles. The topological polar surface area (TPSA) is 15.7 Å². The van der Waals surface area contributed by atoms with E-state index >= 15 is 0 Å². The summed E-state index contributed by atoms with van der Waals surface area (Å²) in [4.78, 5) is 4.77. The second kappa shape index (κ2) is 15.0. The van der Waals surface area contributed by atoms with Crippen LogP contribution in [0.2, 0.25) is 0 Å². The number of anilines is 6. The van der Waals surface area contributed by atoms with Crippen LogP contribution in [0.5, 0.6) is 11.5 Å². The van der Waals surface area contributed by atoms with Gasteiger partial charge in [-0.05, 0) is 123 Å². The molecular formula is C61H44N2O. The van der Waals surface area contributed by atoms with Crippen molar-refractivity contribution in [1.82, 2.24) is 0 Å². The fourth-order valence-corrected chi connectivity index (χ4v) is 10.2. The van der Waals surface area contributed by atoms with Crippen molar-refractivity contribution in [2.45, 2.75) is 19.3 Å². The van der Waals surface area contributed by atoms with Crippen molar-refractivity contribution in [2.75, 3.05) is 9.80 Å². The average Bonchev–Trinajstić information content (AvgIpc) is 3.58. The second-order valence-corrected chi connectivity index (χ2v) is 17.3. The van der Waals surface area contributed by atoms with Crippen LogP contribution in [-0.2, 0) is 5.41 Å². The number of rotatable bonds is 8. The van der Waals surface area contributed by atoms with Crippen LogP contribution >= 0.6 is 0 Å². The Morgan fingerprint density at radius 2 is 0.859 bits per heavy atom. The Labute approximate surface area is 374 Å². The highest BCUT2D eigenvalue weighted by Crippen LogP contribution is 2.56. The highest BCUT2D eigenvalue weighted by molar-refractivity contribution is 6.13. The van der Waals surface area contributed by atoms with E-state index in [0.717, 1.165) is 67.5 Å². The van der Waals surface area contributed by atoms with E-state index in [0.29, 0.717) is 0 Å². The molecule has 10 aromatic carbocycles. The smallest absolute Gasteiger partial charge is 0.137 e. The molecular weight excluding hydrogens is 777 g/mol. The summed E-state index contributed by atoms with van der Waals surface area (Å²) >= 11 is 0. The quantitative estimate of drug-likeness (QED) is 0.152. The zero-order chi connectivity index (χ0) is 42.8. The molecule has 0 amide bonds. The minimum atomic E-state index is -0.160. The van der Waals surface area contributed by atoms with Crippen molar-refractivity contribution in [2.24, 2.45) is 0 Å². The molecule has 0 unspecified atom stereocenters. The number of para-hydroxylation sites is 2. The Bertz CT molecular complexity index is 3320. The predicted octanol–water partition coefficient (Wildman–Crippen LogP) is 17.2. The molecule has 64 heavy (non-hydrogen) atoms. The molecule has 12 rings (SSSR count). The summed E-state index contributed by atoms with van der Waals surface area (Å²) in [7, 11) is 0. The van der Waals surface area contributed by atoms with Crippen LogP contribution in [0.15, 0.2) is 231 Å². The lowest BCUT2D eigenvalue weighted by Gasteiger charge is -2.33. The van der Waals surface area contributed by atoms with E-state index in [1.54, 1.807) is 0 Å². The monoisotopic (exact) mass is 820 g/mol. The minimum Gasteiger partial charge on any atom is -0.456 e. The maximum atomic E-state index is 6.98. The van der Waals surface area contributed by atoms with E-state index in [1.807, 2.05) is 0 Å². The largest absolute Gasteiger partial charge is 0.456 e. The molecule has 304 valence electrons. The molecule has 0 aromatic heterocycles. The van der Waals surface area contributed by atoms with Gasteiger partial charge in [-0.25, -0.2) is 0 Å². The normalized spacial score (nSPS) is 12.8. The highest BCUT2D eigenvalue weighted by Gasteiger charge is 2.36. The summed E-state index contributed by atoms with van der Waals surface area (Å²) in [5.41, 5.74) is 18.6. The number of hydrogen-bond donors (Lipinski definition) is 0. The maximum absolute atomic E-state index is 6.98. The molecule has 3 nitrogen and oxygen atoms in total. The van der Waals surface area contributed by atoms with Crippen molar-refractivity contribution >= 4 is 44.9 Å². The summed E-state index contributed by atoms with van der Waals surface area (Å²) in [6.45, 7) is 4.70. The first kappa shape index (κ1) is 37.6. The highest BCUT2D eigenvalue weighted by atomic mass is 16.5. The van der Waals surface area contributed by atoms with Crippen molar-refractivity contribution in [3.05, 3.63) is 242 Å². The lowest BCUT2D eigenvalue weighted by Crippen LogP contribution is -2.17. The van der Waals surface area contributed by atoms with Crippen molar-refractivity contribution < 1.29 is 4.74 Å². The van der Waals surface area contributed by atoms with Gasteiger partial charge in [-0.1, -0.05) is 172 Å². The Hall–Kier alpha value is -8.14. The first-order chi connectivity index (χ1) is 31.5. The first-order valence-electron chi connectivity index (χ1n) is 22.1. The number of hydrogen-bond acceptors (Lipinski definition) is 3. The van der Waals surface area contributed by atoms with Crippen LogP contribution in [0.4, 0.5) is 34.1 Å². The zero-order valence-corrected chi connectivity index (χ0v) is 35.7.